The summed E-state index contributed by atoms with van der Waals surface area (Å²) in [5, 5.41) is 10.7. The summed E-state index contributed by atoms with van der Waals surface area (Å²) < 4.78 is 26.3. The van der Waals surface area contributed by atoms with Crippen molar-refractivity contribution >= 4 is 27.3 Å². The zero-order valence-electron chi connectivity index (χ0n) is 11.1. The molecule has 9 nitrogen and oxygen atoms in total. The molecule has 10 heteroatoms. The van der Waals surface area contributed by atoms with Gasteiger partial charge >= 0.3 is 0 Å². The summed E-state index contributed by atoms with van der Waals surface area (Å²) in [5.74, 6) is -0.458. The molecule has 0 aromatic heterocycles. The predicted octanol–water partition coefficient (Wildman–Crippen LogP) is 0.111. The SMILES string of the molecule is NC(=O)CCCCNS(=O)(=O)c1cc([N+](=O)[O-])ccc1N. The van der Waals surface area contributed by atoms with E-state index in [0.717, 1.165) is 12.1 Å². The number of sulfonamides is 1. The molecule has 1 rings (SSSR count). The number of primary amides is 1. The number of hydrogen-bond acceptors (Lipinski definition) is 6. The number of nitrogens with one attached hydrogen (secondary N) is 1. The molecular formula is C11H16N4O5S. The minimum atomic E-state index is -3.94. The number of nitrogen functional groups attached to an aromatic ring is 1. The third kappa shape index (κ3) is 5.00. The molecule has 0 atom stereocenters. The number of non-ortho nitro benzene ring substituents is 1. The summed E-state index contributed by atoms with van der Waals surface area (Å²) >= 11 is 0. The highest BCUT2D eigenvalue weighted by molar-refractivity contribution is 7.89. The first-order valence-corrected chi connectivity index (χ1v) is 7.54. The standard InChI is InChI=1S/C11H16N4O5S/c12-9-5-4-8(15(17)18)7-10(9)21(19,20)14-6-2-1-3-11(13)16/h4-5,7,14H,1-3,6,12H2,(H2,13,16). The van der Waals surface area contributed by atoms with Crippen molar-refractivity contribution in [3.63, 3.8) is 0 Å². The van der Waals surface area contributed by atoms with Crippen molar-refractivity contribution in [3.8, 4) is 0 Å². The van der Waals surface area contributed by atoms with E-state index in [9.17, 15) is 23.3 Å². The summed E-state index contributed by atoms with van der Waals surface area (Å²) in [6.45, 7) is 0.0811. The first-order chi connectivity index (χ1) is 9.74. The minimum Gasteiger partial charge on any atom is -0.398 e. The highest BCUT2D eigenvalue weighted by Gasteiger charge is 2.20. The van der Waals surface area contributed by atoms with Crippen LogP contribution in [0.5, 0.6) is 0 Å². The number of rotatable bonds is 8. The fraction of sp³-hybridized carbons (Fsp3) is 0.364. The summed E-state index contributed by atoms with van der Waals surface area (Å²) in [7, 11) is -3.94. The van der Waals surface area contributed by atoms with Gasteiger partial charge in [-0.05, 0) is 18.9 Å². The Morgan fingerprint density at radius 1 is 1.33 bits per heavy atom. The molecule has 0 saturated carbocycles. The molecule has 0 aliphatic carbocycles. The van der Waals surface area contributed by atoms with Crippen molar-refractivity contribution in [2.45, 2.75) is 24.2 Å². The molecule has 0 radical (unpaired) electrons. The van der Waals surface area contributed by atoms with Gasteiger partial charge in [0.15, 0.2) is 0 Å². The van der Waals surface area contributed by atoms with E-state index in [0.29, 0.717) is 12.8 Å². The normalized spacial score (nSPS) is 11.2. The maximum Gasteiger partial charge on any atom is 0.270 e. The third-order valence-electron chi connectivity index (χ3n) is 2.64. The lowest BCUT2D eigenvalue weighted by molar-refractivity contribution is -0.385. The van der Waals surface area contributed by atoms with Crippen LogP contribution >= 0.6 is 0 Å². The number of hydrogen-bond donors (Lipinski definition) is 3. The van der Waals surface area contributed by atoms with Crippen LogP contribution in [0.15, 0.2) is 23.1 Å². The van der Waals surface area contributed by atoms with E-state index < -0.39 is 20.9 Å². The van der Waals surface area contributed by atoms with Crippen molar-refractivity contribution in [2.75, 3.05) is 12.3 Å². The molecule has 0 aliphatic rings. The molecule has 0 heterocycles. The first-order valence-electron chi connectivity index (χ1n) is 6.06. The van der Waals surface area contributed by atoms with E-state index in [1.807, 2.05) is 0 Å². The number of nitro groups is 1. The molecule has 0 saturated heterocycles. The Bertz CT molecular complexity index is 644. The lowest BCUT2D eigenvalue weighted by Crippen LogP contribution is -2.26. The average molecular weight is 316 g/mol. The van der Waals surface area contributed by atoms with Gasteiger partial charge in [0, 0.05) is 25.1 Å². The zero-order chi connectivity index (χ0) is 16.0. The number of benzene rings is 1. The summed E-state index contributed by atoms with van der Waals surface area (Å²) in [5.41, 5.74) is 10.1. The fourth-order valence-electron chi connectivity index (χ4n) is 1.58. The van der Waals surface area contributed by atoms with Crippen LogP contribution in [0.25, 0.3) is 0 Å². The molecule has 0 aliphatic heterocycles. The van der Waals surface area contributed by atoms with Gasteiger partial charge in [-0.15, -0.1) is 0 Å². The molecule has 1 aromatic rings. The lowest BCUT2D eigenvalue weighted by atomic mass is 10.2. The number of nitrogens with two attached hydrogens (primary N) is 2. The minimum absolute atomic E-state index is 0.0785. The second-order valence-electron chi connectivity index (χ2n) is 4.30. The topological polar surface area (TPSA) is 158 Å². The Morgan fingerprint density at radius 2 is 2.00 bits per heavy atom. The van der Waals surface area contributed by atoms with Gasteiger partial charge in [-0.3, -0.25) is 14.9 Å². The van der Waals surface area contributed by atoms with Crippen LogP contribution < -0.4 is 16.2 Å². The second-order valence-corrected chi connectivity index (χ2v) is 6.04. The van der Waals surface area contributed by atoms with Crippen molar-refractivity contribution in [1.82, 2.24) is 4.72 Å². The lowest BCUT2D eigenvalue weighted by Gasteiger charge is -2.08. The van der Waals surface area contributed by atoms with E-state index in [1.165, 1.54) is 6.07 Å². The number of nitro benzene ring substituents is 1. The average Bonchev–Trinajstić information content (AvgIpc) is 2.37. The van der Waals surface area contributed by atoms with Gasteiger partial charge in [0.25, 0.3) is 5.69 Å². The van der Waals surface area contributed by atoms with E-state index in [4.69, 9.17) is 11.5 Å². The Kier molecular flexibility index (Phi) is 5.61. The summed E-state index contributed by atoms with van der Waals surface area (Å²) in [4.78, 5) is 20.1. The van der Waals surface area contributed by atoms with Crippen LogP contribution in [0.4, 0.5) is 11.4 Å². The van der Waals surface area contributed by atoms with Crippen LogP contribution in [0.2, 0.25) is 0 Å². The largest absolute Gasteiger partial charge is 0.398 e. The molecule has 5 N–H and O–H groups in total. The molecule has 1 aromatic carbocycles. The van der Waals surface area contributed by atoms with Crippen LogP contribution in [0.1, 0.15) is 19.3 Å². The quantitative estimate of drug-likeness (QED) is 0.267. The molecule has 116 valence electrons. The zero-order valence-corrected chi connectivity index (χ0v) is 11.9. The van der Waals surface area contributed by atoms with Crippen molar-refractivity contribution in [2.24, 2.45) is 5.73 Å². The molecule has 0 unspecified atom stereocenters. The van der Waals surface area contributed by atoms with E-state index in [2.05, 4.69) is 4.72 Å². The summed E-state index contributed by atoms with van der Waals surface area (Å²) in [6, 6.07) is 3.20. The highest BCUT2D eigenvalue weighted by Crippen LogP contribution is 2.23. The van der Waals surface area contributed by atoms with E-state index >= 15 is 0 Å². The number of unbranched alkanes of at least 4 members (excludes halogenated alkanes) is 1. The maximum absolute atomic E-state index is 12.0. The molecule has 0 fully saturated rings. The monoisotopic (exact) mass is 316 g/mol. The Morgan fingerprint density at radius 3 is 2.57 bits per heavy atom. The van der Waals surface area contributed by atoms with E-state index in [-0.39, 0.29) is 29.2 Å². The molecule has 0 bridgehead atoms. The number of carbonyl (C=O) groups excluding carboxylic acids is 1. The second kappa shape index (κ2) is 6.99. The van der Waals surface area contributed by atoms with Crippen LogP contribution in [0, 0.1) is 10.1 Å². The molecule has 1 amide bonds. The van der Waals surface area contributed by atoms with Gasteiger partial charge in [0.1, 0.15) is 4.90 Å². The molecule has 0 spiro atoms. The van der Waals surface area contributed by atoms with Crippen LogP contribution in [-0.2, 0) is 14.8 Å². The Labute approximate surface area is 121 Å². The highest BCUT2D eigenvalue weighted by atomic mass is 32.2. The number of amides is 1. The Balaban J connectivity index is 2.76. The Hall–Kier alpha value is -2.20. The third-order valence-corrected chi connectivity index (χ3v) is 4.16. The predicted molar refractivity (Wildman–Crippen MR) is 75.7 cm³/mol. The van der Waals surface area contributed by atoms with Gasteiger partial charge in [0.05, 0.1) is 10.6 Å². The fourth-order valence-corrected chi connectivity index (χ4v) is 2.80. The van der Waals surface area contributed by atoms with Gasteiger partial charge in [0.2, 0.25) is 15.9 Å². The maximum atomic E-state index is 12.0. The summed E-state index contributed by atoms with van der Waals surface area (Å²) in [6.07, 6.45) is 1.03. The number of anilines is 1. The first kappa shape index (κ1) is 16.9. The van der Waals surface area contributed by atoms with Crippen molar-refractivity contribution < 1.29 is 18.1 Å². The van der Waals surface area contributed by atoms with E-state index in [1.54, 1.807) is 0 Å². The van der Waals surface area contributed by atoms with Gasteiger partial charge in [-0.2, -0.15) is 0 Å². The molecular weight excluding hydrogens is 300 g/mol. The van der Waals surface area contributed by atoms with Gasteiger partial charge in [-0.1, -0.05) is 0 Å². The van der Waals surface area contributed by atoms with Crippen LogP contribution in [-0.4, -0.2) is 25.8 Å². The number of carbonyl (C=O) groups is 1. The van der Waals surface area contributed by atoms with Gasteiger partial charge in [-0.25, -0.2) is 13.1 Å². The van der Waals surface area contributed by atoms with Gasteiger partial charge < -0.3 is 11.5 Å². The number of nitrogens with zero attached hydrogens (tertiary/aromatic N) is 1. The van der Waals surface area contributed by atoms with Crippen molar-refractivity contribution in [1.29, 1.82) is 0 Å². The molecule has 21 heavy (non-hydrogen) atoms. The van der Waals surface area contributed by atoms with Crippen LogP contribution in [0.3, 0.4) is 0 Å². The van der Waals surface area contributed by atoms with Crippen molar-refractivity contribution in [3.05, 3.63) is 28.3 Å². The smallest absolute Gasteiger partial charge is 0.270 e.